The summed E-state index contributed by atoms with van der Waals surface area (Å²) in [6, 6.07) is 9.60. The average molecular weight is 771 g/mol. The van der Waals surface area contributed by atoms with E-state index in [4.69, 9.17) is 19.9 Å². The highest BCUT2D eigenvalue weighted by molar-refractivity contribution is 6.31. The Hall–Kier alpha value is -5.82. The van der Waals surface area contributed by atoms with Crippen LogP contribution in [-0.2, 0) is 36.7 Å². The summed E-state index contributed by atoms with van der Waals surface area (Å²) >= 11 is 0. The molecule has 17 nitrogen and oxygen atoms in total. The molecule has 56 heavy (non-hydrogen) atoms. The minimum absolute atomic E-state index is 0.0328. The SMILES string of the molecule is COc1cccc2c1C(=O)c1c(O)c3c(c(O)c1C2=O)C[C@@](O)(/C(CO)=N/NC(=O)Cc1ccc(N2C(=O)C=CC2=O)cc1)C[C@@H]3O[C@H]1C[C@H](N)[C@H](O)[C@H](C)O1. The van der Waals surface area contributed by atoms with Crippen molar-refractivity contribution in [2.75, 3.05) is 18.6 Å². The van der Waals surface area contributed by atoms with Crippen LogP contribution in [0.1, 0.15) is 74.4 Å². The molecule has 3 amide bonds. The van der Waals surface area contributed by atoms with Gasteiger partial charge in [0.15, 0.2) is 12.1 Å². The number of ether oxygens (including phenoxy) is 3. The minimum atomic E-state index is -2.20. The van der Waals surface area contributed by atoms with Crippen molar-refractivity contribution in [3.05, 3.63) is 93.6 Å². The number of methoxy groups -OCH3 is 1. The lowest BCUT2D eigenvalue weighted by Crippen LogP contribution is -2.53. The predicted molar refractivity (Wildman–Crippen MR) is 194 cm³/mol. The van der Waals surface area contributed by atoms with Crippen molar-refractivity contribution in [1.29, 1.82) is 0 Å². The van der Waals surface area contributed by atoms with Gasteiger partial charge in [-0.3, -0.25) is 24.0 Å². The number of imide groups is 1. The number of hydrogen-bond donors (Lipinski definition) is 7. The number of nitrogens with two attached hydrogens (primary N) is 1. The Morgan fingerprint density at radius 3 is 2.34 bits per heavy atom. The largest absolute Gasteiger partial charge is 0.507 e. The maximum atomic E-state index is 14.0. The Morgan fingerprint density at radius 2 is 1.70 bits per heavy atom. The van der Waals surface area contributed by atoms with Crippen molar-refractivity contribution in [1.82, 2.24) is 5.43 Å². The summed E-state index contributed by atoms with van der Waals surface area (Å²) in [5, 5.41) is 60.7. The van der Waals surface area contributed by atoms with E-state index in [1.54, 1.807) is 6.92 Å². The molecule has 4 aliphatic rings. The first kappa shape index (κ1) is 38.5. The molecule has 7 rings (SSSR count). The number of benzene rings is 3. The van der Waals surface area contributed by atoms with Crippen LogP contribution in [0.2, 0.25) is 0 Å². The van der Waals surface area contributed by atoms with E-state index in [0.29, 0.717) is 11.3 Å². The molecule has 2 aliphatic heterocycles. The fourth-order valence-electron chi connectivity index (χ4n) is 7.67. The summed E-state index contributed by atoms with van der Waals surface area (Å²) in [7, 11) is 1.31. The summed E-state index contributed by atoms with van der Waals surface area (Å²) in [6.45, 7) is 0.663. The van der Waals surface area contributed by atoms with Crippen LogP contribution in [0, 0.1) is 0 Å². The number of aliphatic hydroxyl groups excluding tert-OH is 2. The van der Waals surface area contributed by atoms with Gasteiger partial charge in [-0.1, -0.05) is 24.3 Å². The minimum Gasteiger partial charge on any atom is -0.507 e. The number of ketones is 2. The smallest absolute Gasteiger partial charge is 0.258 e. The second kappa shape index (κ2) is 14.7. The maximum absolute atomic E-state index is 14.0. The monoisotopic (exact) mass is 770 g/mol. The van der Waals surface area contributed by atoms with Crippen molar-refractivity contribution < 1.29 is 63.7 Å². The van der Waals surface area contributed by atoms with Crippen LogP contribution in [0.15, 0.2) is 59.7 Å². The van der Waals surface area contributed by atoms with Crippen LogP contribution in [0.4, 0.5) is 5.69 Å². The fourth-order valence-corrected chi connectivity index (χ4v) is 7.67. The number of amides is 3. The van der Waals surface area contributed by atoms with Gasteiger partial charge in [0.25, 0.3) is 11.8 Å². The van der Waals surface area contributed by atoms with Gasteiger partial charge in [-0.25, -0.2) is 10.3 Å². The number of nitrogens with zero attached hydrogens (tertiary/aromatic N) is 2. The summed E-state index contributed by atoms with van der Waals surface area (Å²) in [4.78, 5) is 65.9. The number of hydrazone groups is 1. The number of rotatable bonds is 9. The van der Waals surface area contributed by atoms with Gasteiger partial charge in [-0.05, 0) is 30.7 Å². The third-order valence-corrected chi connectivity index (χ3v) is 10.5. The molecule has 292 valence electrons. The highest BCUT2D eigenvalue weighted by Crippen LogP contribution is 2.52. The number of fused-ring (bicyclic) bond motifs is 3. The lowest BCUT2D eigenvalue weighted by atomic mass is 9.71. The average Bonchev–Trinajstić information content (AvgIpc) is 3.50. The molecule has 2 aliphatic carbocycles. The first-order valence-electron chi connectivity index (χ1n) is 17.6. The summed E-state index contributed by atoms with van der Waals surface area (Å²) < 4.78 is 17.4. The number of carbonyl (C=O) groups excluding carboxylic acids is 5. The Bertz CT molecular complexity index is 2210. The highest BCUT2D eigenvalue weighted by Gasteiger charge is 2.49. The van der Waals surface area contributed by atoms with Gasteiger partial charge in [0.05, 0.1) is 66.5 Å². The van der Waals surface area contributed by atoms with E-state index < -0.39 is 108 Å². The zero-order chi connectivity index (χ0) is 40.2. The van der Waals surface area contributed by atoms with Crippen LogP contribution in [0.3, 0.4) is 0 Å². The fraction of sp³-hybridized carbons (Fsp3) is 0.333. The third-order valence-electron chi connectivity index (χ3n) is 10.5. The molecule has 0 spiro atoms. The molecule has 2 heterocycles. The van der Waals surface area contributed by atoms with Crippen LogP contribution in [0.5, 0.6) is 17.2 Å². The van der Waals surface area contributed by atoms with E-state index in [9.17, 15) is 49.5 Å². The number of hydrogen-bond acceptors (Lipinski definition) is 15. The van der Waals surface area contributed by atoms with Crippen molar-refractivity contribution in [3.8, 4) is 17.2 Å². The quantitative estimate of drug-likeness (QED) is 0.0531. The number of phenolic OH excluding ortho intramolecular Hbond substituents is 2. The lowest BCUT2D eigenvalue weighted by molar-refractivity contribution is -0.245. The molecule has 6 atom stereocenters. The Morgan fingerprint density at radius 1 is 1.02 bits per heavy atom. The van der Waals surface area contributed by atoms with Gasteiger partial charge < -0.3 is 45.5 Å². The van der Waals surface area contributed by atoms with Crippen LogP contribution in [0.25, 0.3) is 0 Å². The number of nitrogens with one attached hydrogen (secondary N) is 1. The van der Waals surface area contributed by atoms with Crippen molar-refractivity contribution in [2.24, 2.45) is 10.8 Å². The highest BCUT2D eigenvalue weighted by atomic mass is 16.7. The van der Waals surface area contributed by atoms with E-state index in [0.717, 1.165) is 17.1 Å². The molecule has 1 saturated heterocycles. The standard InChI is InChI=1S/C39H38N4O13/c1-17-34(48)22(40)13-29(55-17)56-24-15-39(53,25(16-44)41-42-26(45)12-18-6-8-19(9-7-18)43-27(46)10-11-28(43)47)14-21-31(24)38(52)33-32(36(21)50)35(49)20-4-3-5-23(54-2)30(20)37(33)51/h3-11,17,22,24,29,34,44,48,50,52-53H,12-16,40H2,1-2H3,(H,42,45)/b41-25+/t17-,22-,24-,29-,34+,39-/m0/s1. The van der Waals surface area contributed by atoms with E-state index in [1.807, 2.05) is 0 Å². The van der Waals surface area contributed by atoms with Gasteiger partial charge in [0.1, 0.15) is 22.8 Å². The topological polar surface area (TPSA) is 268 Å². The third kappa shape index (κ3) is 6.53. The van der Waals surface area contributed by atoms with Crippen molar-refractivity contribution in [2.45, 2.75) is 68.9 Å². The number of phenols is 2. The van der Waals surface area contributed by atoms with E-state index >= 15 is 0 Å². The summed E-state index contributed by atoms with van der Waals surface area (Å²) in [5.41, 5.74) is 5.09. The predicted octanol–water partition coefficient (Wildman–Crippen LogP) is 0.577. The first-order valence-corrected chi connectivity index (χ1v) is 17.6. The Kier molecular flexibility index (Phi) is 10.1. The van der Waals surface area contributed by atoms with Crippen LogP contribution < -0.4 is 20.8 Å². The molecular formula is C39H38N4O13. The van der Waals surface area contributed by atoms with Gasteiger partial charge >= 0.3 is 0 Å². The second-order valence-electron chi connectivity index (χ2n) is 14.0. The molecule has 0 unspecified atom stereocenters. The summed E-state index contributed by atoms with van der Waals surface area (Å²) in [5.74, 6) is -4.63. The molecule has 17 heteroatoms. The lowest BCUT2D eigenvalue weighted by Gasteiger charge is -2.43. The maximum Gasteiger partial charge on any atom is 0.258 e. The van der Waals surface area contributed by atoms with Gasteiger partial charge in [0, 0.05) is 54.1 Å². The van der Waals surface area contributed by atoms with Gasteiger partial charge in [-0.15, -0.1) is 0 Å². The van der Waals surface area contributed by atoms with E-state index in [2.05, 4.69) is 10.5 Å². The molecular weight excluding hydrogens is 732 g/mol. The van der Waals surface area contributed by atoms with E-state index in [-0.39, 0.29) is 46.6 Å². The molecule has 0 aromatic heterocycles. The molecule has 3 aromatic rings. The number of aromatic hydroxyl groups is 2. The zero-order valence-electron chi connectivity index (χ0n) is 30.1. The summed E-state index contributed by atoms with van der Waals surface area (Å²) in [6.07, 6.45) is -3.37. The molecule has 1 fully saturated rings. The number of anilines is 1. The molecule has 0 saturated carbocycles. The van der Waals surface area contributed by atoms with Crippen molar-refractivity contribution in [3.63, 3.8) is 0 Å². The van der Waals surface area contributed by atoms with Crippen molar-refractivity contribution >= 4 is 40.7 Å². The number of carbonyl (C=O) groups is 5. The van der Waals surface area contributed by atoms with E-state index in [1.165, 1.54) is 49.6 Å². The first-order chi connectivity index (χ1) is 26.7. The number of aliphatic hydroxyl groups is 3. The van der Waals surface area contributed by atoms with Crippen LogP contribution >= 0.6 is 0 Å². The second-order valence-corrected chi connectivity index (χ2v) is 14.0. The molecule has 3 aromatic carbocycles. The molecule has 8 N–H and O–H groups in total. The molecule has 0 radical (unpaired) electrons. The van der Waals surface area contributed by atoms with Crippen LogP contribution in [-0.4, -0.2) is 104 Å². The normalized spacial score (nSPS) is 25.9. The Labute approximate surface area is 318 Å². The molecule has 0 bridgehead atoms. The van der Waals surface area contributed by atoms with Gasteiger partial charge in [-0.2, -0.15) is 5.10 Å². The zero-order valence-corrected chi connectivity index (χ0v) is 30.1. The van der Waals surface area contributed by atoms with Gasteiger partial charge in [0.2, 0.25) is 11.7 Å². The Balaban J connectivity index is 1.22.